The van der Waals surface area contributed by atoms with Gasteiger partial charge in [0.05, 0.1) is 17.6 Å². The van der Waals surface area contributed by atoms with E-state index >= 15 is 0 Å². The number of piperidine rings is 1. The molecule has 2 fully saturated rings. The molecular weight excluding hydrogens is 494 g/mol. The number of ether oxygens (including phenoxy) is 1. The molecule has 2 aliphatic heterocycles. The van der Waals surface area contributed by atoms with Gasteiger partial charge in [-0.25, -0.2) is 27.2 Å². The highest BCUT2D eigenvalue weighted by molar-refractivity contribution is 5.92. The third-order valence-electron chi connectivity index (χ3n) is 7.23. The fraction of sp³-hybridized carbons (Fsp3) is 0.385. The number of hydrogen-bond donors (Lipinski definition) is 1. The van der Waals surface area contributed by atoms with E-state index in [2.05, 4.69) is 0 Å². The summed E-state index contributed by atoms with van der Waals surface area (Å²) >= 11 is 0. The van der Waals surface area contributed by atoms with Gasteiger partial charge in [-0.2, -0.15) is 0 Å². The predicted molar refractivity (Wildman–Crippen MR) is 127 cm³/mol. The summed E-state index contributed by atoms with van der Waals surface area (Å²) in [5.74, 6) is -7.56. The van der Waals surface area contributed by atoms with Gasteiger partial charge in [0.15, 0.2) is 23.3 Å². The fourth-order valence-electron chi connectivity index (χ4n) is 5.21. The lowest BCUT2D eigenvalue weighted by molar-refractivity contribution is -0.000910. The van der Waals surface area contributed by atoms with E-state index in [0.29, 0.717) is 43.7 Å². The molecule has 0 saturated carbocycles. The molecule has 0 bridgehead atoms. The molecule has 3 aromatic rings. The van der Waals surface area contributed by atoms with Crippen molar-refractivity contribution < 1.29 is 37.0 Å². The number of carbonyl (C=O) groups excluding carboxylic acids is 1. The number of fused-ring (bicyclic) bond motifs is 1. The first-order valence-electron chi connectivity index (χ1n) is 11.9. The average molecular weight is 519 g/mol. The molecule has 1 N–H and O–H groups in total. The van der Waals surface area contributed by atoms with Gasteiger partial charge in [0.1, 0.15) is 5.60 Å². The number of aromatic nitrogens is 1. The van der Waals surface area contributed by atoms with Gasteiger partial charge < -0.3 is 14.4 Å². The van der Waals surface area contributed by atoms with Crippen molar-refractivity contribution in [1.82, 2.24) is 9.47 Å². The zero-order valence-corrected chi connectivity index (χ0v) is 20.2. The Morgan fingerprint density at radius 2 is 1.65 bits per heavy atom. The average Bonchev–Trinajstić information content (AvgIpc) is 3.41. The molecule has 2 aliphatic rings. The van der Waals surface area contributed by atoms with Crippen molar-refractivity contribution in [2.24, 2.45) is 0 Å². The number of likely N-dealkylation sites (tertiary alicyclic amines) is 1. The summed E-state index contributed by atoms with van der Waals surface area (Å²) in [4.78, 5) is 27.1. The van der Waals surface area contributed by atoms with Crippen LogP contribution >= 0.6 is 0 Å². The lowest BCUT2D eigenvalue weighted by Crippen LogP contribution is -2.46. The van der Waals surface area contributed by atoms with Crippen LogP contribution in [0.25, 0.3) is 10.9 Å². The first-order chi connectivity index (χ1) is 17.5. The van der Waals surface area contributed by atoms with Crippen molar-refractivity contribution in [3.8, 4) is 0 Å². The van der Waals surface area contributed by atoms with E-state index in [1.165, 1.54) is 27.8 Å². The van der Waals surface area contributed by atoms with E-state index in [1.807, 2.05) is 4.90 Å². The number of carbonyl (C=O) groups is 2. The van der Waals surface area contributed by atoms with E-state index in [-0.39, 0.29) is 29.1 Å². The van der Waals surface area contributed by atoms with E-state index in [4.69, 9.17) is 9.84 Å². The molecule has 37 heavy (non-hydrogen) atoms. The summed E-state index contributed by atoms with van der Waals surface area (Å²) in [6.45, 7) is 4.90. The van der Waals surface area contributed by atoms with Gasteiger partial charge in [-0.05, 0) is 43.7 Å². The Morgan fingerprint density at radius 1 is 1.03 bits per heavy atom. The largest absolute Gasteiger partial charge is 0.478 e. The maximum absolute atomic E-state index is 14.8. The molecule has 1 aromatic heterocycles. The topological polar surface area (TPSA) is 75.0 Å². The van der Waals surface area contributed by atoms with Gasteiger partial charge in [0.2, 0.25) is 0 Å². The first-order valence-corrected chi connectivity index (χ1v) is 11.9. The molecule has 11 heteroatoms. The molecule has 0 unspecified atom stereocenters. The number of anilines is 1. The van der Waals surface area contributed by atoms with Crippen LogP contribution in [0, 0.1) is 23.3 Å². The van der Waals surface area contributed by atoms with Crippen molar-refractivity contribution in [3.63, 3.8) is 0 Å². The Balaban J connectivity index is 1.33. The standard InChI is InChI=1S/C26H25F4N3O4/c1-14(2)32-12-16(18-19(27)20(28)21(29)22(30)23(18)32)11-31-9-7-26(8-10-31)13-33(25(36)37-26)17-5-3-15(4-6-17)24(34)35/h3-6,12,14H,7-11,13H2,1-2H3,(H,34,35). The second-order valence-electron chi connectivity index (χ2n) is 9.90. The molecule has 2 saturated heterocycles. The summed E-state index contributed by atoms with van der Waals surface area (Å²) in [5, 5.41) is 8.81. The molecule has 2 aromatic carbocycles. The second-order valence-corrected chi connectivity index (χ2v) is 9.90. The molecule has 7 nitrogen and oxygen atoms in total. The van der Waals surface area contributed by atoms with E-state index in [1.54, 1.807) is 26.0 Å². The summed E-state index contributed by atoms with van der Waals surface area (Å²) in [6, 6.07) is 5.64. The van der Waals surface area contributed by atoms with Gasteiger partial charge in [-0.1, -0.05) is 0 Å². The predicted octanol–water partition coefficient (Wildman–Crippen LogP) is 5.47. The molecule has 0 radical (unpaired) electrons. The van der Waals surface area contributed by atoms with Crippen LogP contribution in [-0.4, -0.2) is 51.9 Å². The molecular formula is C26H25F4N3O4. The number of carboxylic acid groups (broad SMARTS) is 1. The fourth-order valence-corrected chi connectivity index (χ4v) is 5.21. The quantitative estimate of drug-likeness (QED) is 0.275. The Kier molecular flexibility index (Phi) is 6.13. The van der Waals surface area contributed by atoms with Crippen LogP contribution in [0.3, 0.4) is 0 Å². The highest BCUT2D eigenvalue weighted by Gasteiger charge is 2.47. The molecule has 1 amide bonds. The molecule has 0 aliphatic carbocycles. The normalized spacial score (nSPS) is 17.8. The van der Waals surface area contributed by atoms with Gasteiger partial charge in [-0.15, -0.1) is 0 Å². The van der Waals surface area contributed by atoms with Crippen molar-refractivity contribution in [1.29, 1.82) is 0 Å². The molecule has 1 spiro atoms. The number of carboxylic acids is 1. The maximum Gasteiger partial charge on any atom is 0.415 e. The monoisotopic (exact) mass is 519 g/mol. The highest BCUT2D eigenvalue weighted by Crippen LogP contribution is 2.38. The first kappa shape index (κ1) is 25.1. The number of nitrogens with zero attached hydrogens (tertiary/aromatic N) is 3. The number of benzene rings is 2. The number of amides is 1. The number of aromatic carboxylic acids is 1. The summed E-state index contributed by atoms with van der Waals surface area (Å²) in [7, 11) is 0. The Bertz CT molecular complexity index is 1400. The molecule has 5 rings (SSSR count). The lowest BCUT2D eigenvalue weighted by atomic mass is 9.91. The van der Waals surface area contributed by atoms with Crippen molar-refractivity contribution in [2.45, 2.75) is 44.9 Å². The minimum absolute atomic E-state index is 0.108. The highest BCUT2D eigenvalue weighted by atomic mass is 19.2. The Labute approximate surface area is 209 Å². The van der Waals surface area contributed by atoms with Gasteiger partial charge in [0, 0.05) is 55.8 Å². The van der Waals surface area contributed by atoms with Crippen LogP contribution in [0.2, 0.25) is 0 Å². The second kappa shape index (κ2) is 9.05. The van der Waals surface area contributed by atoms with Crippen LogP contribution in [0.15, 0.2) is 30.5 Å². The van der Waals surface area contributed by atoms with Crippen molar-refractivity contribution >= 4 is 28.7 Å². The smallest absolute Gasteiger partial charge is 0.415 e. The zero-order valence-electron chi connectivity index (χ0n) is 20.2. The van der Waals surface area contributed by atoms with Crippen LogP contribution in [-0.2, 0) is 11.3 Å². The summed E-state index contributed by atoms with van der Waals surface area (Å²) in [5.41, 5.74) is -0.0558. The molecule has 3 heterocycles. The number of halogens is 4. The van der Waals surface area contributed by atoms with Crippen LogP contribution < -0.4 is 4.90 Å². The third kappa shape index (κ3) is 4.20. The third-order valence-corrected chi connectivity index (χ3v) is 7.23. The van der Waals surface area contributed by atoms with Crippen molar-refractivity contribution in [2.75, 3.05) is 24.5 Å². The van der Waals surface area contributed by atoms with Crippen LogP contribution in [0.1, 0.15) is 48.7 Å². The molecule has 0 atom stereocenters. The number of rotatable bonds is 5. The van der Waals surface area contributed by atoms with E-state index in [9.17, 15) is 27.2 Å². The summed E-state index contributed by atoms with van der Waals surface area (Å²) < 4.78 is 64.6. The van der Waals surface area contributed by atoms with Crippen LogP contribution in [0.4, 0.5) is 28.0 Å². The minimum Gasteiger partial charge on any atom is -0.478 e. The maximum atomic E-state index is 14.8. The van der Waals surface area contributed by atoms with Crippen molar-refractivity contribution in [3.05, 3.63) is 64.9 Å². The van der Waals surface area contributed by atoms with E-state index < -0.39 is 40.9 Å². The molecule has 196 valence electrons. The zero-order chi connectivity index (χ0) is 26.6. The minimum atomic E-state index is -1.83. The van der Waals surface area contributed by atoms with Gasteiger partial charge in [-0.3, -0.25) is 9.80 Å². The van der Waals surface area contributed by atoms with E-state index in [0.717, 1.165) is 0 Å². The Hall–Kier alpha value is -3.60. The lowest BCUT2D eigenvalue weighted by Gasteiger charge is -2.37. The van der Waals surface area contributed by atoms with Gasteiger partial charge >= 0.3 is 12.1 Å². The Morgan fingerprint density at radius 3 is 2.24 bits per heavy atom. The summed E-state index contributed by atoms with van der Waals surface area (Å²) in [6.07, 6.45) is 1.96. The SMILES string of the molecule is CC(C)n1cc(CN2CCC3(CC2)CN(c2ccc(C(=O)O)cc2)C(=O)O3)c2c(F)c(F)c(F)c(F)c21. The number of hydrogen-bond acceptors (Lipinski definition) is 4. The van der Waals surface area contributed by atoms with Crippen LogP contribution in [0.5, 0.6) is 0 Å². The van der Waals surface area contributed by atoms with Gasteiger partial charge in [0.25, 0.3) is 0 Å².